The van der Waals surface area contributed by atoms with Crippen molar-refractivity contribution in [1.29, 1.82) is 0 Å². The van der Waals surface area contributed by atoms with E-state index in [2.05, 4.69) is 65.5 Å². The fourth-order valence-corrected chi connectivity index (χ4v) is 5.02. The van der Waals surface area contributed by atoms with Crippen molar-refractivity contribution in [2.24, 2.45) is 0 Å². The standard InChI is InChI=1S/C28H31N9O/c1-35(2)17-26(38)31-20-12-19(15-29-16-20)18-4-5-23-21(13-18)27(34-33-23)24-14-22-25(6-7-30-28(22)32-24)37-10-8-36(3)9-11-37/h4-7,12-16H,8-11,17H2,1-3H3,(H,30,32)(H,31,38)(H,33,34). The van der Waals surface area contributed by atoms with Gasteiger partial charge in [-0.2, -0.15) is 5.10 Å². The summed E-state index contributed by atoms with van der Waals surface area (Å²) in [5.41, 5.74) is 7.33. The fraction of sp³-hybridized carbons (Fsp3) is 0.286. The summed E-state index contributed by atoms with van der Waals surface area (Å²) in [6, 6.07) is 12.4. The molecule has 0 atom stereocenters. The summed E-state index contributed by atoms with van der Waals surface area (Å²) in [6.45, 7) is 4.39. The van der Waals surface area contributed by atoms with Gasteiger partial charge in [0.1, 0.15) is 11.3 Å². The topological polar surface area (TPSA) is 109 Å². The molecule has 1 aliphatic rings. The second kappa shape index (κ2) is 9.88. The molecule has 5 heterocycles. The molecule has 1 fully saturated rings. The van der Waals surface area contributed by atoms with Crippen molar-refractivity contribution < 1.29 is 4.79 Å². The number of aromatic amines is 2. The number of likely N-dealkylation sites (N-methyl/N-ethyl adjacent to an activating group) is 2. The van der Waals surface area contributed by atoms with Crippen LogP contribution >= 0.6 is 0 Å². The van der Waals surface area contributed by atoms with Crippen LogP contribution in [-0.2, 0) is 4.79 Å². The highest BCUT2D eigenvalue weighted by atomic mass is 16.2. The van der Waals surface area contributed by atoms with Crippen molar-refractivity contribution in [3.05, 3.63) is 55.0 Å². The number of carbonyl (C=O) groups excluding carboxylic acids is 1. The molecular weight excluding hydrogens is 478 g/mol. The zero-order valence-electron chi connectivity index (χ0n) is 21.8. The highest BCUT2D eigenvalue weighted by molar-refractivity contribution is 6.00. The molecule has 3 N–H and O–H groups in total. The maximum Gasteiger partial charge on any atom is 0.238 e. The van der Waals surface area contributed by atoms with E-state index in [1.807, 2.05) is 43.4 Å². The highest BCUT2D eigenvalue weighted by Gasteiger charge is 2.19. The van der Waals surface area contributed by atoms with Crippen LogP contribution in [0.2, 0.25) is 0 Å². The first kappa shape index (κ1) is 24.1. The Labute approximate surface area is 220 Å². The Morgan fingerprint density at radius 2 is 1.87 bits per heavy atom. The Kier molecular flexibility index (Phi) is 6.26. The predicted octanol–water partition coefficient (Wildman–Crippen LogP) is 3.42. The van der Waals surface area contributed by atoms with Crippen LogP contribution in [0.3, 0.4) is 0 Å². The minimum Gasteiger partial charge on any atom is -0.368 e. The van der Waals surface area contributed by atoms with E-state index in [0.717, 1.165) is 70.6 Å². The van der Waals surface area contributed by atoms with Gasteiger partial charge in [-0.15, -0.1) is 0 Å². The van der Waals surface area contributed by atoms with Gasteiger partial charge in [0, 0.05) is 60.6 Å². The van der Waals surface area contributed by atoms with Crippen LogP contribution in [0.5, 0.6) is 0 Å². The first-order valence-electron chi connectivity index (χ1n) is 12.7. The van der Waals surface area contributed by atoms with Crippen molar-refractivity contribution >= 4 is 39.2 Å². The van der Waals surface area contributed by atoms with Crippen LogP contribution in [-0.4, -0.2) is 94.7 Å². The molecule has 6 rings (SSSR count). The molecule has 0 bridgehead atoms. The van der Waals surface area contributed by atoms with Gasteiger partial charge in [0.2, 0.25) is 5.91 Å². The van der Waals surface area contributed by atoms with E-state index in [0.29, 0.717) is 12.2 Å². The molecule has 0 radical (unpaired) electrons. The number of aromatic nitrogens is 5. The lowest BCUT2D eigenvalue weighted by molar-refractivity contribution is -0.116. The van der Waals surface area contributed by atoms with E-state index < -0.39 is 0 Å². The molecule has 0 aliphatic carbocycles. The molecule has 10 nitrogen and oxygen atoms in total. The van der Waals surface area contributed by atoms with Crippen LogP contribution in [0.15, 0.2) is 55.0 Å². The summed E-state index contributed by atoms with van der Waals surface area (Å²) >= 11 is 0. The lowest BCUT2D eigenvalue weighted by Gasteiger charge is -2.34. The first-order valence-corrected chi connectivity index (χ1v) is 12.7. The number of amides is 1. The molecule has 1 aromatic carbocycles. The molecular formula is C28H31N9O. The molecule has 1 saturated heterocycles. The number of pyridine rings is 2. The van der Waals surface area contributed by atoms with Crippen molar-refractivity contribution in [2.75, 3.05) is 64.1 Å². The molecule has 1 aliphatic heterocycles. The van der Waals surface area contributed by atoms with E-state index in [1.165, 1.54) is 5.69 Å². The number of anilines is 2. The summed E-state index contributed by atoms with van der Waals surface area (Å²) < 4.78 is 0. The van der Waals surface area contributed by atoms with Gasteiger partial charge in [0.25, 0.3) is 0 Å². The number of nitrogens with zero attached hydrogens (tertiary/aromatic N) is 6. The van der Waals surface area contributed by atoms with Crippen LogP contribution in [0.1, 0.15) is 0 Å². The number of hydrogen-bond acceptors (Lipinski definition) is 7. The molecule has 0 spiro atoms. The Hall–Kier alpha value is -4.28. The summed E-state index contributed by atoms with van der Waals surface area (Å²) in [5, 5.41) is 12.8. The van der Waals surface area contributed by atoms with Gasteiger partial charge >= 0.3 is 0 Å². The predicted molar refractivity (Wildman–Crippen MR) is 151 cm³/mol. The summed E-state index contributed by atoms with van der Waals surface area (Å²) in [4.78, 5) is 31.3. The van der Waals surface area contributed by atoms with Crippen LogP contribution in [0, 0.1) is 0 Å². The molecule has 1 amide bonds. The number of nitrogens with one attached hydrogen (secondary N) is 3. The van der Waals surface area contributed by atoms with Crippen LogP contribution < -0.4 is 10.2 Å². The number of fused-ring (bicyclic) bond motifs is 2. The van der Waals surface area contributed by atoms with Crippen molar-refractivity contribution in [3.63, 3.8) is 0 Å². The minimum atomic E-state index is -0.0788. The average Bonchev–Trinajstić information content (AvgIpc) is 3.52. The van der Waals surface area contributed by atoms with Crippen molar-refractivity contribution in [1.82, 2.24) is 34.9 Å². The van der Waals surface area contributed by atoms with E-state index in [-0.39, 0.29) is 5.91 Å². The Balaban J connectivity index is 1.34. The van der Waals surface area contributed by atoms with E-state index in [1.54, 1.807) is 12.4 Å². The number of H-pyrrole nitrogens is 2. The number of piperazine rings is 1. The second-order valence-electron chi connectivity index (χ2n) is 10.1. The lowest BCUT2D eigenvalue weighted by Crippen LogP contribution is -2.44. The monoisotopic (exact) mass is 509 g/mol. The fourth-order valence-electron chi connectivity index (χ4n) is 5.02. The number of carbonyl (C=O) groups is 1. The second-order valence-corrected chi connectivity index (χ2v) is 10.1. The largest absolute Gasteiger partial charge is 0.368 e. The summed E-state index contributed by atoms with van der Waals surface area (Å²) in [6.07, 6.45) is 5.33. The van der Waals surface area contributed by atoms with Crippen LogP contribution in [0.4, 0.5) is 11.4 Å². The number of benzene rings is 1. The zero-order chi connectivity index (χ0) is 26.2. The molecule has 4 aromatic heterocycles. The Morgan fingerprint density at radius 3 is 2.68 bits per heavy atom. The summed E-state index contributed by atoms with van der Waals surface area (Å²) in [7, 11) is 5.89. The molecule has 10 heteroatoms. The third-order valence-corrected chi connectivity index (χ3v) is 6.99. The van der Waals surface area contributed by atoms with E-state index in [9.17, 15) is 4.79 Å². The molecule has 5 aromatic rings. The van der Waals surface area contributed by atoms with E-state index >= 15 is 0 Å². The average molecular weight is 510 g/mol. The number of hydrogen-bond donors (Lipinski definition) is 3. The van der Waals surface area contributed by atoms with Gasteiger partial charge in [0.05, 0.1) is 29.6 Å². The van der Waals surface area contributed by atoms with Crippen molar-refractivity contribution in [2.45, 2.75) is 0 Å². The van der Waals surface area contributed by atoms with Gasteiger partial charge in [-0.05, 0) is 57.0 Å². The Bertz CT molecular complexity index is 1610. The Morgan fingerprint density at radius 1 is 1.03 bits per heavy atom. The first-order chi connectivity index (χ1) is 18.4. The summed E-state index contributed by atoms with van der Waals surface area (Å²) in [5.74, 6) is -0.0788. The minimum absolute atomic E-state index is 0.0788. The van der Waals surface area contributed by atoms with Gasteiger partial charge in [-0.1, -0.05) is 6.07 Å². The maximum absolute atomic E-state index is 12.2. The molecule has 38 heavy (non-hydrogen) atoms. The number of rotatable bonds is 6. The SMILES string of the molecule is CN(C)CC(=O)Nc1cncc(-c2ccc3[nH]nc(-c4cc5c(N6CCN(C)CC6)ccnc5[nH]4)c3c2)c1. The zero-order valence-corrected chi connectivity index (χ0v) is 21.8. The third-order valence-electron chi connectivity index (χ3n) is 6.99. The molecule has 194 valence electrons. The maximum atomic E-state index is 12.2. The lowest BCUT2D eigenvalue weighted by atomic mass is 10.0. The molecule has 0 saturated carbocycles. The van der Waals surface area contributed by atoms with Gasteiger partial charge in [-0.3, -0.25) is 14.9 Å². The third kappa shape index (κ3) is 4.71. The van der Waals surface area contributed by atoms with Gasteiger partial charge in [0.15, 0.2) is 0 Å². The van der Waals surface area contributed by atoms with E-state index in [4.69, 9.17) is 0 Å². The molecule has 0 unspecified atom stereocenters. The van der Waals surface area contributed by atoms with Crippen molar-refractivity contribution in [3.8, 4) is 22.5 Å². The quantitative estimate of drug-likeness (QED) is 0.322. The highest BCUT2D eigenvalue weighted by Crippen LogP contribution is 2.34. The van der Waals surface area contributed by atoms with Crippen LogP contribution in [0.25, 0.3) is 44.5 Å². The normalized spacial score (nSPS) is 14.6. The van der Waals surface area contributed by atoms with Gasteiger partial charge < -0.3 is 25.0 Å². The van der Waals surface area contributed by atoms with Gasteiger partial charge in [-0.25, -0.2) is 4.98 Å². The smallest absolute Gasteiger partial charge is 0.238 e.